The fourth-order valence-electron chi connectivity index (χ4n) is 7.25. The van der Waals surface area contributed by atoms with Crippen LogP contribution in [-0.2, 0) is 0 Å². The lowest BCUT2D eigenvalue weighted by Crippen LogP contribution is -2.44. The third kappa shape index (κ3) is 12.6. The summed E-state index contributed by atoms with van der Waals surface area (Å²) >= 11 is 6.34. The molecule has 0 saturated carbocycles. The molecule has 1 aliphatic heterocycles. The monoisotopic (exact) mass is 570 g/mol. The maximum atomic E-state index is 6.34. The Morgan fingerprint density at radius 1 is 0.700 bits per heavy atom. The first kappa shape index (κ1) is 33.7. The van der Waals surface area contributed by atoms with Crippen LogP contribution in [0.1, 0.15) is 154 Å². The molecule has 1 fully saturated rings. The molecule has 2 aliphatic rings. The van der Waals surface area contributed by atoms with Gasteiger partial charge in [0.1, 0.15) is 0 Å². The minimum absolute atomic E-state index is 0.492. The van der Waals surface area contributed by atoms with Crippen LogP contribution in [0.15, 0.2) is 29.8 Å². The molecular formula is C37H63ClN2. The van der Waals surface area contributed by atoms with Crippen LogP contribution in [-0.4, -0.2) is 37.6 Å². The second kappa shape index (κ2) is 20.1. The fraction of sp³-hybridized carbons (Fsp3) is 0.784. The zero-order valence-electron chi connectivity index (χ0n) is 26.5. The summed E-state index contributed by atoms with van der Waals surface area (Å²) in [4.78, 5) is 2.69. The number of nitrogens with zero attached hydrogens (tertiary/aromatic N) is 1. The third-order valence-electron chi connectivity index (χ3n) is 9.87. The van der Waals surface area contributed by atoms with Gasteiger partial charge in [0.25, 0.3) is 0 Å². The highest BCUT2D eigenvalue weighted by atomic mass is 35.5. The SMILES string of the molecule is CCCCCCCCCCC1(CCCCCCCCCC)CCC(CN2CCNCC2)=C(c2ccc(Cl)cc2)C1. The summed E-state index contributed by atoms with van der Waals surface area (Å²) in [5.41, 5.74) is 5.31. The molecule has 3 rings (SSSR count). The van der Waals surface area contributed by atoms with Gasteiger partial charge in [-0.2, -0.15) is 0 Å². The van der Waals surface area contributed by atoms with E-state index in [1.54, 1.807) is 11.1 Å². The number of nitrogens with one attached hydrogen (secondary N) is 1. The first-order valence-corrected chi connectivity index (χ1v) is 17.9. The molecule has 40 heavy (non-hydrogen) atoms. The van der Waals surface area contributed by atoms with Crippen molar-refractivity contribution in [2.24, 2.45) is 5.41 Å². The summed E-state index contributed by atoms with van der Waals surface area (Å²) < 4.78 is 0. The van der Waals surface area contributed by atoms with Crippen LogP contribution in [0.4, 0.5) is 0 Å². The van der Waals surface area contributed by atoms with Crippen molar-refractivity contribution in [2.45, 2.75) is 149 Å². The highest BCUT2D eigenvalue weighted by Gasteiger charge is 2.35. The van der Waals surface area contributed by atoms with E-state index in [9.17, 15) is 0 Å². The summed E-state index contributed by atoms with van der Waals surface area (Å²) in [6, 6.07) is 8.83. The molecule has 1 heterocycles. The number of halogens is 1. The van der Waals surface area contributed by atoms with Gasteiger partial charge in [-0.25, -0.2) is 0 Å². The summed E-state index contributed by atoms with van der Waals surface area (Å²) in [7, 11) is 0. The molecule has 0 spiro atoms. The molecule has 0 aromatic heterocycles. The van der Waals surface area contributed by atoms with Crippen molar-refractivity contribution in [3.8, 4) is 0 Å². The number of benzene rings is 1. The van der Waals surface area contributed by atoms with Crippen molar-refractivity contribution >= 4 is 17.2 Å². The Hall–Kier alpha value is -0.830. The number of unbranched alkanes of at least 4 members (excludes halogenated alkanes) is 14. The van der Waals surface area contributed by atoms with E-state index in [-0.39, 0.29) is 0 Å². The van der Waals surface area contributed by atoms with Crippen molar-refractivity contribution in [3.05, 3.63) is 40.4 Å². The molecule has 0 bridgehead atoms. The van der Waals surface area contributed by atoms with Crippen LogP contribution in [0.5, 0.6) is 0 Å². The first-order chi connectivity index (χ1) is 19.7. The van der Waals surface area contributed by atoms with Gasteiger partial charge in [0.05, 0.1) is 0 Å². The largest absolute Gasteiger partial charge is 0.314 e. The van der Waals surface area contributed by atoms with E-state index >= 15 is 0 Å². The van der Waals surface area contributed by atoms with Gasteiger partial charge in [-0.1, -0.05) is 146 Å². The molecule has 2 nitrogen and oxygen atoms in total. The number of rotatable bonds is 21. The molecule has 1 N–H and O–H groups in total. The lowest BCUT2D eigenvalue weighted by Gasteiger charge is -2.41. The minimum Gasteiger partial charge on any atom is -0.314 e. The van der Waals surface area contributed by atoms with Gasteiger partial charge < -0.3 is 5.32 Å². The Bertz CT molecular complexity index is 788. The third-order valence-corrected chi connectivity index (χ3v) is 10.1. The highest BCUT2D eigenvalue weighted by molar-refractivity contribution is 6.30. The summed E-state index contributed by atoms with van der Waals surface area (Å²) in [6.07, 6.45) is 29.6. The van der Waals surface area contributed by atoms with E-state index in [4.69, 9.17) is 11.6 Å². The van der Waals surface area contributed by atoms with E-state index in [2.05, 4.69) is 48.3 Å². The van der Waals surface area contributed by atoms with Crippen LogP contribution >= 0.6 is 11.6 Å². The van der Waals surface area contributed by atoms with Crippen molar-refractivity contribution in [2.75, 3.05) is 32.7 Å². The average molecular weight is 571 g/mol. The zero-order valence-corrected chi connectivity index (χ0v) is 27.3. The molecule has 1 aromatic carbocycles. The van der Waals surface area contributed by atoms with Gasteiger partial charge in [0.15, 0.2) is 0 Å². The van der Waals surface area contributed by atoms with Crippen LogP contribution in [0.3, 0.4) is 0 Å². The van der Waals surface area contributed by atoms with E-state index in [0.29, 0.717) is 5.41 Å². The Morgan fingerprint density at radius 3 is 1.73 bits per heavy atom. The van der Waals surface area contributed by atoms with Gasteiger partial charge in [-0.15, -0.1) is 0 Å². The zero-order chi connectivity index (χ0) is 28.3. The maximum Gasteiger partial charge on any atom is 0.0406 e. The molecule has 1 aliphatic carbocycles. The van der Waals surface area contributed by atoms with Crippen molar-refractivity contribution in [1.82, 2.24) is 10.2 Å². The summed E-state index contributed by atoms with van der Waals surface area (Å²) in [6.45, 7) is 10.4. The Kier molecular flexibility index (Phi) is 17.0. The number of allylic oxidation sites excluding steroid dienone is 1. The second-order valence-corrected chi connectivity index (χ2v) is 13.7. The van der Waals surface area contributed by atoms with Crippen LogP contribution in [0.2, 0.25) is 5.02 Å². The Morgan fingerprint density at radius 2 is 1.20 bits per heavy atom. The van der Waals surface area contributed by atoms with Gasteiger partial charge in [0.2, 0.25) is 0 Å². The average Bonchev–Trinajstić information content (AvgIpc) is 2.98. The van der Waals surface area contributed by atoms with Gasteiger partial charge in [-0.05, 0) is 60.8 Å². The highest BCUT2D eigenvalue weighted by Crippen LogP contribution is 2.50. The number of hydrogen-bond donors (Lipinski definition) is 1. The molecule has 0 unspecified atom stereocenters. The van der Waals surface area contributed by atoms with E-state index in [0.717, 1.165) is 24.7 Å². The summed E-state index contributed by atoms with van der Waals surface area (Å²) in [5.74, 6) is 0. The maximum absolute atomic E-state index is 6.34. The van der Waals surface area contributed by atoms with E-state index in [1.165, 1.54) is 153 Å². The summed E-state index contributed by atoms with van der Waals surface area (Å²) in [5, 5.41) is 4.39. The van der Waals surface area contributed by atoms with Gasteiger partial charge in [-0.3, -0.25) is 4.90 Å². The molecule has 0 radical (unpaired) electrons. The normalized spacial score (nSPS) is 18.0. The minimum atomic E-state index is 0.492. The van der Waals surface area contributed by atoms with Crippen molar-refractivity contribution < 1.29 is 0 Å². The molecular weight excluding hydrogens is 508 g/mol. The predicted octanol–water partition coefficient (Wildman–Crippen LogP) is 11.2. The second-order valence-electron chi connectivity index (χ2n) is 13.2. The molecule has 0 atom stereocenters. The van der Waals surface area contributed by atoms with E-state index < -0.39 is 0 Å². The van der Waals surface area contributed by atoms with Crippen LogP contribution in [0.25, 0.3) is 5.57 Å². The topological polar surface area (TPSA) is 15.3 Å². The predicted molar refractivity (Wildman–Crippen MR) is 178 cm³/mol. The van der Waals surface area contributed by atoms with Gasteiger partial charge in [0, 0.05) is 37.7 Å². The molecule has 3 heteroatoms. The Labute approximate surface area is 254 Å². The van der Waals surface area contributed by atoms with Gasteiger partial charge >= 0.3 is 0 Å². The molecule has 0 amide bonds. The molecule has 228 valence electrons. The molecule has 1 saturated heterocycles. The Balaban J connectivity index is 1.65. The standard InChI is InChI=1S/C37H63ClN2/c1-3-5-7-9-11-13-15-17-24-37(25-18-16-14-12-10-8-6-4-2)26-23-34(32-40-29-27-39-28-30-40)36(31-37)33-19-21-35(38)22-20-33/h19-22,39H,3-18,23-32H2,1-2H3. The molecule has 1 aromatic rings. The first-order valence-electron chi connectivity index (χ1n) is 17.6. The van der Waals surface area contributed by atoms with Crippen molar-refractivity contribution in [1.29, 1.82) is 0 Å². The lowest BCUT2D eigenvalue weighted by molar-refractivity contribution is 0.193. The fourth-order valence-corrected chi connectivity index (χ4v) is 7.37. The smallest absolute Gasteiger partial charge is 0.0406 e. The quantitative estimate of drug-likeness (QED) is 0.148. The number of hydrogen-bond acceptors (Lipinski definition) is 2. The van der Waals surface area contributed by atoms with Crippen LogP contribution < -0.4 is 5.32 Å². The van der Waals surface area contributed by atoms with E-state index in [1.807, 2.05) is 0 Å². The number of piperazine rings is 1. The van der Waals surface area contributed by atoms with Crippen LogP contribution in [0, 0.1) is 5.41 Å². The van der Waals surface area contributed by atoms with Crippen molar-refractivity contribution in [3.63, 3.8) is 0 Å². The lowest BCUT2D eigenvalue weighted by atomic mass is 9.65.